The molecular weight excluding hydrogens is 265 g/mol. The van der Waals surface area contributed by atoms with Crippen LogP contribution in [0.3, 0.4) is 0 Å². The van der Waals surface area contributed by atoms with E-state index in [1.165, 1.54) is 12.1 Å². The number of carbonyl (C=O) groups excluding carboxylic acids is 1. The number of alkyl halides is 1. The van der Waals surface area contributed by atoms with Crippen LogP contribution in [-0.2, 0) is 0 Å². The second-order valence-corrected chi connectivity index (χ2v) is 5.80. The van der Waals surface area contributed by atoms with Crippen molar-refractivity contribution in [2.24, 2.45) is 0 Å². The molecule has 0 aliphatic heterocycles. The Bertz CT molecular complexity index is 477. The first-order chi connectivity index (χ1) is 9.00. The van der Waals surface area contributed by atoms with Gasteiger partial charge in [-0.2, -0.15) is 0 Å². The third kappa shape index (κ3) is 3.08. The first-order valence-corrected chi connectivity index (χ1v) is 7.11. The molecule has 4 heteroatoms. The van der Waals surface area contributed by atoms with Crippen molar-refractivity contribution >= 4 is 17.5 Å². The van der Waals surface area contributed by atoms with Gasteiger partial charge in [-0.3, -0.25) is 4.79 Å². The number of aryl methyl sites for hydroxylation is 1. The number of amides is 1. The molecule has 0 aromatic heterocycles. The number of hydrogen-bond donors (Lipinski definition) is 0. The van der Waals surface area contributed by atoms with Crippen LogP contribution in [0.4, 0.5) is 4.39 Å². The number of hydrogen-bond acceptors (Lipinski definition) is 1. The maximum absolute atomic E-state index is 13.1. The highest BCUT2D eigenvalue weighted by molar-refractivity contribution is 6.21. The summed E-state index contributed by atoms with van der Waals surface area (Å²) < 4.78 is 13.1. The van der Waals surface area contributed by atoms with Crippen LogP contribution < -0.4 is 0 Å². The molecule has 1 aromatic rings. The molecule has 0 radical (unpaired) electrons. The zero-order valence-electron chi connectivity index (χ0n) is 11.3. The van der Waals surface area contributed by atoms with Crippen molar-refractivity contribution in [1.82, 2.24) is 4.90 Å². The Labute approximate surface area is 118 Å². The highest BCUT2D eigenvalue weighted by Crippen LogP contribution is 2.27. The fraction of sp³-hybridized carbons (Fsp3) is 0.533. The molecule has 1 aromatic carbocycles. The van der Waals surface area contributed by atoms with Gasteiger partial charge in [-0.15, -0.1) is 11.6 Å². The minimum atomic E-state index is -0.315. The van der Waals surface area contributed by atoms with E-state index in [2.05, 4.69) is 0 Å². The molecule has 1 aliphatic carbocycles. The van der Waals surface area contributed by atoms with Crippen molar-refractivity contribution in [3.63, 3.8) is 0 Å². The van der Waals surface area contributed by atoms with Gasteiger partial charge >= 0.3 is 0 Å². The predicted molar refractivity (Wildman–Crippen MR) is 75.1 cm³/mol. The van der Waals surface area contributed by atoms with E-state index in [0.29, 0.717) is 11.1 Å². The molecule has 0 bridgehead atoms. The Hall–Kier alpha value is -1.09. The summed E-state index contributed by atoms with van der Waals surface area (Å²) in [6.07, 6.45) is 4.12. The average molecular weight is 284 g/mol. The molecule has 0 spiro atoms. The van der Waals surface area contributed by atoms with Gasteiger partial charge in [-0.25, -0.2) is 4.39 Å². The van der Waals surface area contributed by atoms with Crippen LogP contribution in [0.2, 0.25) is 0 Å². The van der Waals surface area contributed by atoms with E-state index in [1.54, 1.807) is 24.9 Å². The minimum absolute atomic E-state index is 0.0171. The SMILES string of the molecule is Cc1cc(F)ccc1C(=O)N(C)C1CCCCC1Cl. The van der Waals surface area contributed by atoms with Gasteiger partial charge in [0.25, 0.3) is 5.91 Å². The van der Waals surface area contributed by atoms with Gasteiger partial charge < -0.3 is 4.90 Å². The molecule has 0 heterocycles. The number of nitrogens with zero attached hydrogens (tertiary/aromatic N) is 1. The van der Waals surface area contributed by atoms with Crippen LogP contribution in [0.1, 0.15) is 41.6 Å². The minimum Gasteiger partial charge on any atom is -0.337 e. The van der Waals surface area contributed by atoms with Gasteiger partial charge in [0, 0.05) is 18.7 Å². The largest absolute Gasteiger partial charge is 0.337 e. The zero-order valence-corrected chi connectivity index (χ0v) is 12.1. The molecule has 19 heavy (non-hydrogen) atoms. The van der Waals surface area contributed by atoms with Crippen LogP contribution in [0.25, 0.3) is 0 Å². The van der Waals surface area contributed by atoms with Gasteiger partial charge in [-0.05, 0) is 43.5 Å². The Morgan fingerprint density at radius 1 is 1.37 bits per heavy atom. The van der Waals surface area contributed by atoms with Crippen molar-refractivity contribution in [1.29, 1.82) is 0 Å². The number of halogens is 2. The zero-order chi connectivity index (χ0) is 14.0. The molecule has 0 N–H and O–H groups in total. The standard InChI is InChI=1S/C15H19ClFNO/c1-10-9-11(17)7-8-12(10)15(19)18(2)14-6-4-3-5-13(14)16/h7-9,13-14H,3-6H2,1-2H3. The van der Waals surface area contributed by atoms with Crippen LogP contribution in [0.15, 0.2) is 18.2 Å². The lowest BCUT2D eigenvalue weighted by atomic mass is 9.93. The summed E-state index contributed by atoms with van der Waals surface area (Å²) in [5, 5.41) is 0.0171. The molecule has 1 amide bonds. The first-order valence-electron chi connectivity index (χ1n) is 6.68. The van der Waals surface area contributed by atoms with E-state index < -0.39 is 0 Å². The third-order valence-corrected chi connectivity index (χ3v) is 4.39. The van der Waals surface area contributed by atoms with Crippen LogP contribution >= 0.6 is 11.6 Å². The summed E-state index contributed by atoms with van der Waals surface area (Å²) in [4.78, 5) is 14.2. The molecule has 1 aliphatic rings. The molecule has 104 valence electrons. The average Bonchev–Trinajstić information content (AvgIpc) is 2.38. The molecule has 2 unspecified atom stereocenters. The monoisotopic (exact) mass is 283 g/mol. The summed E-state index contributed by atoms with van der Waals surface area (Å²) >= 11 is 6.32. The van der Waals surface area contributed by atoms with Crippen molar-refractivity contribution in [2.75, 3.05) is 7.05 Å². The van der Waals surface area contributed by atoms with E-state index in [1.807, 2.05) is 0 Å². The van der Waals surface area contributed by atoms with Gasteiger partial charge in [0.2, 0.25) is 0 Å². The van der Waals surface area contributed by atoms with Crippen molar-refractivity contribution in [2.45, 2.75) is 44.0 Å². The molecule has 2 nitrogen and oxygen atoms in total. The fourth-order valence-electron chi connectivity index (χ4n) is 2.71. The lowest BCUT2D eigenvalue weighted by Crippen LogP contribution is -2.44. The molecular formula is C15H19ClFNO. The van der Waals surface area contributed by atoms with Crippen LogP contribution in [0.5, 0.6) is 0 Å². The number of benzene rings is 1. The number of rotatable bonds is 2. The second kappa shape index (κ2) is 5.91. The predicted octanol–water partition coefficient (Wildman–Crippen LogP) is 3.76. The smallest absolute Gasteiger partial charge is 0.254 e. The van der Waals surface area contributed by atoms with E-state index in [9.17, 15) is 9.18 Å². The topological polar surface area (TPSA) is 20.3 Å². The lowest BCUT2D eigenvalue weighted by molar-refractivity contribution is 0.0699. The third-order valence-electron chi connectivity index (χ3n) is 3.88. The maximum atomic E-state index is 13.1. The Balaban J connectivity index is 2.18. The molecule has 0 saturated heterocycles. The van der Waals surface area contributed by atoms with E-state index >= 15 is 0 Å². The normalized spacial score (nSPS) is 23.2. The highest BCUT2D eigenvalue weighted by atomic mass is 35.5. The summed E-state index contributed by atoms with van der Waals surface area (Å²) in [5.74, 6) is -0.389. The van der Waals surface area contributed by atoms with Gasteiger partial charge in [0.05, 0.1) is 5.38 Å². The summed E-state index contributed by atoms with van der Waals surface area (Å²) in [6.45, 7) is 1.75. The molecule has 1 saturated carbocycles. The molecule has 2 rings (SSSR count). The Morgan fingerprint density at radius 3 is 2.68 bits per heavy atom. The fourth-order valence-corrected chi connectivity index (χ4v) is 3.16. The van der Waals surface area contributed by atoms with Crippen molar-refractivity contribution < 1.29 is 9.18 Å². The van der Waals surface area contributed by atoms with E-state index in [4.69, 9.17) is 11.6 Å². The van der Waals surface area contributed by atoms with E-state index in [-0.39, 0.29) is 23.1 Å². The highest BCUT2D eigenvalue weighted by Gasteiger charge is 2.30. The summed E-state index contributed by atoms with van der Waals surface area (Å²) in [7, 11) is 1.79. The lowest BCUT2D eigenvalue weighted by Gasteiger charge is -2.35. The van der Waals surface area contributed by atoms with Gasteiger partial charge in [0.15, 0.2) is 0 Å². The summed E-state index contributed by atoms with van der Waals surface area (Å²) in [6, 6.07) is 4.34. The number of carbonyl (C=O) groups is 1. The molecule has 2 atom stereocenters. The Kier molecular flexibility index (Phi) is 4.46. The summed E-state index contributed by atoms with van der Waals surface area (Å²) in [5.41, 5.74) is 1.22. The Morgan fingerprint density at radius 2 is 2.05 bits per heavy atom. The van der Waals surface area contributed by atoms with Crippen LogP contribution in [0, 0.1) is 12.7 Å². The van der Waals surface area contributed by atoms with E-state index in [0.717, 1.165) is 25.7 Å². The second-order valence-electron chi connectivity index (χ2n) is 5.24. The quantitative estimate of drug-likeness (QED) is 0.757. The van der Waals surface area contributed by atoms with Gasteiger partial charge in [0.1, 0.15) is 5.82 Å². The maximum Gasteiger partial charge on any atom is 0.254 e. The van der Waals surface area contributed by atoms with Crippen molar-refractivity contribution in [3.05, 3.63) is 35.1 Å². The molecule has 1 fully saturated rings. The first kappa shape index (κ1) is 14.3. The van der Waals surface area contributed by atoms with Crippen molar-refractivity contribution in [3.8, 4) is 0 Å². The van der Waals surface area contributed by atoms with Crippen LogP contribution in [-0.4, -0.2) is 29.3 Å². The van der Waals surface area contributed by atoms with Gasteiger partial charge in [-0.1, -0.05) is 12.8 Å².